The van der Waals surface area contributed by atoms with Crippen molar-refractivity contribution in [2.24, 2.45) is 0 Å². The number of para-hydroxylation sites is 1. The van der Waals surface area contributed by atoms with Crippen LogP contribution in [0.2, 0.25) is 0 Å². The van der Waals surface area contributed by atoms with Crippen molar-refractivity contribution in [2.75, 3.05) is 5.32 Å². The summed E-state index contributed by atoms with van der Waals surface area (Å²) in [5, 5.41) is 8.61. The predicted molar refractivity (Wildman–Crippen MR) is 123 cm³/mol. The van der Waals surface area contributed by atoms with E-state index in [0.29, 0.717) is 11.5 Å². The lowest BCUT2D eigenvalue weighted by atomic mass is 10.1. The third-order valence-electron chi connectivity index (χ3n) is 5.52. The maximum absolute atomic E-state index is 12.7. The molecule has 6 nitrogen and oxygen atoms in total. The molecule has 2 aromatic heterocycles. The molecule has 0 fully saturated rings. The first-order chi connectivity index (χ1) is 14.8. The van der Waals surface area contributed by atoms with Crippen molar-refractivity contribution in [1.29, 1.82) is 0 Å². The minimum Gasteiger partial charge on any atom is -0.464 e. The number of hydrogen-bond donors (Lipinski definition) is 1. The fraction of sp³-hybridized carbons (Fsp3) is 0.240. The predicted octanol–water partition coefficient (Wildman–Crippen LogP) is 5.06. The highest BCUT2D eigenvalue weighted by Crippen LogP contribution is 2.27. The molecule has 4 aromatic rings. The number of hydrogen-bond acceptors (Lipinski definition) is 4. The number of ether oxygens (including phenoxy) is 1. The number of carbonyl (C=O) groups excluding carboxylic acids is 1. The third kappa shape index (κ3) is 4.01. The number of pyridine rings is 1. The number of nitrogens with one attached hydrogen (secondary N) is 1. The van der Waals surface area contributed by atoms with Gasteiger partial charge < -0.3 is 10.1 Å². The Balaban J connectivity index is 1.62. The summed E-state index contributed by atoms with van der Waals surface area (Å²) in [4.78, 5) is 17.4. The second-order valence-corrected chi connectivity index (χ2v) is 7.81. The minimum atomic E-state index is -0.710. The Kier molecular flexibility index (Phi) is 5.46. The first-order valence-corrected chi connectivity index (χ1v) is 10.3. The molecule has 0 aliphatic carbocycles. The molecule has 0 aliphatic heterocycles. The van der Waals surface area contributed by atoms with Crippen molar-refractivity contribution in [3.05, 3.63) is 77.0 Å². The molecular formula is C25H26N4O2. The fourth-order valence-corrected chi connectivity index (χ4v) is 3.64. The van der Waals surface area contributed by atoms with Crippen LogP contribution in [0.3, 0.4) is 0 Å². The van der Waals surface area contributed by atoms with Gasteiger partial charge in [0.25, 0.3) is 5.91 Å². The van der Waals surface area contributed by atoms with Crippen LogP contribution in [-0.4, -0.2) is 26.8 Å². The molecule has 31 heavy (non-hydrogen) atoms. The molecule has 4 rings (SSSR count). The lowest BCUT2D eigenvalue weighted by Gasteiger charge is -2.16. The quantitative estimate of drug-likeness (QED) is 0.496. The highest BCUT2D eigenvalue weighted by atomic mass is 16.5. The monoisotopic (exact) mass is 414 g/mol. The summed E-state index contributed by atoms with van der Waals surface area (Å²) in [6.07, 6.45) is -0.710. The first-order valence-electron chi connectivity index (χ1n) is 10.3. The molecular weight excluding hydrogens is 388 g/mol. The van der Waals surface area contributed by atoms with Gasteiger partial charge in [-0.2, -0.15) is 10.1 Å². The van der Waals surface area contributed by atoms with Gasteiger partial charge in [0.1, 0.15) is 0 Å². The summed E-state index contributed by atoms with van der Waals surface area (Å²) in [5.74, 6) is 0.173. The molecule has 1 N–H and O–H groups in total. The summed E-state index contributed by atoms with van der Waals surface area (Å²) in [7, 11) is 0. The zero-order valence-electron chi connectivity index (χ0n) is 18.4. The fourth-order valence-electron chi connectivity index (χ4n) is 3.64. The maximum Gasteiger partial charge on any atom is 0.265 e. The minimum absolute atomic E-state index is 0.221. The first kappa shape index (κ1) is 20.6. The molecule has 2 aromatic carbocycles. The molecule has 1 amide bonds. The Morgan fingerprint density at radius 2 is 1.74 bits per heavy atom. The van der Waals surface area contributed by atoms with Crippen LogP contribution < -0.4 is 10.1 Å². The van der Waals surface area contributed by atoms with Gasteiger partial charge in [-0.3, -0.25) is 4.79 Å². The van der Waals surface area contributed by atoms with Crippen molar-refractivity contribution < 1.29 is 9.53 Å². The van der Waals surface area contributed by atoms with E-state index in [9.17, 15) is 4.79 Å². The Morgan fingerprint density at radius 3 is 2.48 bits per heavy atom. The summed E-state index contributed by atoms with van der Waals surface area (Å²) in [6.45, 7) is 9.70. The highest BCUT2D eigenvalue weighted by Gasteiger charge is 2.19. The molecule has 0 saturated heterocycles. The number of aromatic nitrogens is 3. The summed E-state index contributed by atoms with van der Waals surface area (Å²) < 4.78 is 7.75. The van der Waals surface area contributed by atoms with E-state index in [-0.39, 0.29) is 5.91 Å². The molecule has 0 aliphatic rings. The summed E-state index contributed by atoms with van der Waals surface area (Å²) in [5.41, 5.74) is 6.49. The van der Waals surface area contributed by atoms with Crippen molar-refractivity contribution in [3.8, 4) is 11.6 Å². The van der Waals surface area contributed by atoms with Crippen LogP contribution >= 0.6 is 0 Å². The average Bonchev–Trinajstić information content (AvgIpc) is 3.08. The highest BCUT2D eigenvalue weighted by molar-refractivity contribution is 5.95. The zero-order valence-corrected chi connectivity index (χ0v) is 18.4. The lowest BCUT2D eigenvalue weighted by Crippen LogP contribution is -2.30. The van der Waals surface area contributed by atoms with E-state index >= 15 is 0 Å². The van der Waals surface area contributed by atoms with Gasteiger partial charge in [-0.1, -0.05) is 30.3 Å². The number of amides is 1. The maximum atomic E-state index is 12.7. The number of carbonyl (C=O) groups is 1. The van der Waals surface area contributed by atoms with Crippen LogP contribution in [0.4, 0.5) is 5.69 Å². The second-order valence-electron chi connectivity index (χ2n) is 7.81. The van der Waals surface area contributed by atoms with Crippen molar-refractivity contribution in [3.63, 3.8) is 0 Å². The molecule has 158 valence electrons. The van der Waals surface area contributed by atoms with Crippen LogP contribution in [0.25, 0.3) is 16.7 Å². The van der Waals surface area contributed by atoms with Gasteiger partial charge in [-0.05, 0) is 69.5 Å². The van der Waals surface area contributed by atoms with E-state index in [0.717, 1.165) is 39.1 Å². The normalized spacial score (nSPS) is 12.0. The van der Waals surface area contributed by atoms with Gasteiger partial charge in [0, 0.05) is 17.1 Å². The zero-order chi connectivity index (χ0) is 22.1. The number of fused-ring (bicyclic) bond motifs is 1. The lowest BCUT2D eigenvalue weighted by molar-refractivity contribution is -0.122. The van der Waals surface area contributed by atoms with Crippen molar-refractivity contribution in [1.82, 2.24) is 14.8 Å². The van der Waals surface area contributed by atoms with E-state index in [2.05, 4.69) is 10.4 Å². The Bertz CT molecular complexity index is 1260. The Morgan fingerprint density at radius 1 is 1.00 bits per heavy atom. The Hall–Kier alpha value is -3.67. The van der Waals surface area contributed by atoms with Crippen molar-refractivity contribution in [2.45, 2.75) is 40.7 Å². The van der Waals surface area contributed by atoms with Gasteiger partial charge in [-0.15, -0.1) is 0 Å². The van der Waals surface area contributed by atoms with E-state index in [1.807, 2.05) is 87.0 Å². The van der Waals surface area contributed by atoms with Crippen LogP contribution in [0.5, 0.6) is 5.88 Å². The number of rotatable bonds is 5. The summed E-state index contributed by atoms with van der Waals surface area (Å²) in [6, 6.07) is 17.5. The number of aryl methyl sites for hydroxylation is 3. The average molecular weight is 415 g/mol. The van der Waals surface area contributed by atoms with Gasteiger partial charge in [0.2, 0.25) is 5.88 Å². The molecule has 2 heterocycles. The molecule has 0 bridgehead atoms. The van der Waals surface area contributed by atoms with E-state index in [4.69, 9.17) is 9.72 Å². The van der Waals surface area contributed by atoms with Crippen LogP contribution in [0.1, 0.15) is 29.3 Å². The summed E-state index contributed by atoms with van der Waals surface area (Å²) >= 11 is 0. The van der Waals surface area contributed by atoms with Crippen LogP contribution in [0, 0.1) is 27.7 Å². The number of nitrogens with zero attached hydrogens (tertiary/aromatic N) is 3. The largest absolute Gasteiger partial charge is 0.464 e. The smallest absolute Gasteiger partial charge is 0.265 e. The molecule has 0 radical (unpaired) electrons. The molecule has 0 spiro atoms. The topological polar surface area (TPSA) is 69.0 Å². The standard InChI is InChI=1S/C25H26N4O2/c1-15-10-9-13-21(17(15)3)26-25(30)19(5)31-22-14-16(2)23-18(4)28-29(24(23)27-22)20-11-7-6-8-12-20/h6-14,19H,1-5H3,(H,26,30)/t19-/m1/s1. The van der Waals surface area contributed by atoms with Crippen molar-refractivity contribution >= 4 is 22.6 Å². The third-order valence-corrected chi connectivity index (χ3v) is 5.52. The van der Waals surface area contributed by atoms with Gasteiger partial charge in [0.05, 0.1) is 11.4 Å². The second kappa shape index (κ2) is 8.22. The van der Waals surface area contributed by atoms with E-state index in [1.54, 1.807) is 6.92 Å². The van der Waals surface area contributed by atoms with E-state index in [1.165, 1.54) is 0 Å². The molecule has 1 atom stereocenters. The van der Waals surface area contributed by atoms with Gasteiger partial charge >= 0.3 is 0 Å². The molecule has 6 heteroatoms. The van der Waals surface area contributed by atoms with E-state index < -0.39 is 6.10 Å². The number of benzene rings is 2. The number of anilines is 1. The molecule has 0 saturated carbocycles. The Labute approximate surface area is 181 Å². The van der Waals surface area contributed by atoms with Crippen LogP contribution in [-0.2, 0) is 4.79 Å². The molecule has 0 unspecified atom stereocenters. The SMILES string of the molecule is Cc1cccc(NC(=O)[C@@H](C)Oc2cc(C)c3c(C)nn(-c4ccccc4)c3n2)c1C. The van der Waals surface area contributed by atoms with Crippen LogP contribution in [0.15, 0.2) is 54.6 Å². The van der Waals surface area contributed by atoms with Gasteiger partial charge in [-0.25, -0.2) is 4.68 Å². The van der Waals surface area contributed by atoms with Gasteiger partial charge in [0.15, 0.2) is 11.8 Å².